The Morgan fingerprint density at radius 2 is 1.73 bits per heavy atom. The second kappa shape index (κ2) is 3.61. The summed E-state index contributed by atoms with van der Waals surface area (Å²) in [7, 11) is 0. The maximum absolute atomic E-state index is 10.3. The summed E-state index contributed by atoms with van der Waals surface area (Å²) in [4.78, 5) is 14.9. The molecule has 0 aliphatic carbocycles. The van der Waals surface area contributed by atoms with E-state index in [9.17, 15) is 15.3 Å². The minimum absolute atomic E-state index is 0.438. The van der Waals surface area contributed by atoms with E-state index in [1.54, 1.807) is 0 Å². The lowest BCUT2D eigenvalue weighted by molar-refractivity contribution is -0.770. The summed E-state index contributed by atoms with van der Waals surface area (Å²) in [6.07, 6.45) is 0.426. The van der Waals surface area contributed by atoms with E-state index >= 15 is 0 Å². The summed E-state index contributed by atoms with van der Waals surface area (Å²) in [6, 6.07) is 0. The van der Waals surface area contributed by atoms with Crippen molar-refractivity contribution in [3.8, 4) is 0 Å². The molecule has 0 bridgehead atoms. The second-order valence-electron chi connectivity index (χ2n) is 5.30. The molecule has 6 nitrogen and oxygen atoms in total. The molecule has 0 unspecified atom stereocenters. The van der Waals surface area contributed by atoms with Gasteiger partial charge in [0.25, 0.3) is 5.09 Å². The second-order valence-corrected chi connectivity index (χ2v) is 5.30. The zero-order valence-electron chi connectivity index (χ0n) is 9.56. The van der Waals surface area contributed by atoms with Crippen molar-refractivity contribution in [3.63, 3.8) is 0 Å². The lowest BCUT2D eigenvalue weighted by atomic mass is 9.80. The van der Waals surface area contributed by atoms with Gasteiger partial charge in [-0.2, -0.15) is 5.06 Å². The molecular weight excluding hydrogens is 200 g/mol. The standard InChI is InChI=1S/C9H18N2O4/c1-8(2)5-7(15-11(13)14)6-9(3,4)10(8)12/h7,12H,5-6H2,1-4H3. The van der Waals surface area contributed by atoms with E-state index in [-0.39, 0.29) is 0 Å². The lowest BCUT2D eigenvalue weighted by Crippen LogP contribution is -2.60. The Hall–Kier alpha value is -0.880. The van der Waals surface area contributed by atoms with Crippen LogP contribution in [0.5, 0.6) is 0 Å². The predicted octanol–water partition coefficient (Wildman–Crippen LogP) is 1.61. The largest absolute Gasteiger partial charge is 0.313 e. The maximum Gasteiger partial charge on any atom is 0.294 e. The molecule has 0 spiro atoms. The molecule has 1 N–H and O–H groups in total. The van der Waals surface area contributed by atoms with Gasteiger partial charge >= 0.3 is 0 Å². The average molecular weight is 218 g/mol. The first-order valence-electron chi connectivity index (χ1n) is 4.95. The van der Waals surface area contributed by atoms with Crippen LogP contribution in [0, 0.1) is 10.1 Å². The smallest absolute Gasteiger partial charge is 0.294 e. The topological polar surface area (TPSA) is 75.8 Å². The molecule has 1 aliphatic heterocycles. The van der Waals surface area contributed by atoms with Crippen LogP contribution >= 0.6 is 0 Å². The SMILES string of the molecule is CC1(C)CC(O[N+](=O)[O-])CC(C)(C)N1O. The quantitative estimate of drug-likeness (QED) is 0.562. The molecule has 0 atom stereocenters. The summed E-state index contributed by atoms with van der Waals surface area (Å²) >= 11 is 0. The van der Waals surface area contributed by atoms with E-state index in [4.69, 9.17) is 0 Å². The fraction of sp³-hybridized carbons (Fsp3) is 1.00. The van der Waals surface area contributed by atoms with Gasteiger partial charge in [0.1, 0.15) is 6.10 Å². The molecular formula is C9H18N2O4. The van der Waals surface area contributed by atoms with Crippen molar-refractivity contribution in [2.75, 3.05) is 0 Å². The fourth-order valence-electron chi connectivity index (χ4n) is 2.38. The van der Waals surface area contributed by atoms with Crippen molar-refractivity contribution in [2.24, 2.45) is 0 Å². The average Bonchev–Trinajstić information content (AvgIpc) is 1.97. The monoisotopic (exact) mass is 218 g/mol. The van der Waals surface area contributed by atoms with Crippen LogP contribution in [0.1, 0.15) is 40.5 Å². The van der Waals surface area contributed by atoms with Gasteiger partial charge in [0.15, 0.2) is 0 Å². The molecule has 15 heavy (non-hydrogen) atoms. The summed E-state index contributed by atoms with van der Waals surface area (Å²) < 4.78 is 0. The molecule has 0 radical (unpaired) electrons. The van der Waals surface area contributed by atoms with Crippen LogP contribution in [-0.2, 0) is 4.84 Å². The highest BCUT2D eigenvalue weighted by atomic mass is 17.0. The molecule has 1 rings (SSSR count). The number of hydrogen-bond acceptors (Lipinski definition) is 5. The van der Waals surface area contributed by atoms with Crippen LogP contribution in [0.25, 0.3) is 0 Å². The third-order valence-corrected chi connectivity index (χ3v) is 2.84. The third-order valence-electron chi connectivity index (χ3n) is 2.84. The summed E-state index contributed by atoms with van der Waals surface area (Å²) in [5, 5.41) is 20.7. The highest BCUT2D eigenvalue weighted by Crippen LogP contribution is 2.37. The Bertz CT molecular complexity index is 247. The summed E-state index contributed by atoms with van der Waals surface area (Å²) in [5.41, 5.74) is -1.02. The zero-order chi connectivity index (χ0) is 11.9. The van der Waals surface area contributed by atoms with E-state index in [0.717, 1.165) is 0 Å². The molecule has 88 valence electrons. The molecule has 1 saturated heterocycles. The van der Waals surface area contributed by atoms with Gasteiger partial charge in [-0.15, -0.1) is 10.1 Å². The maximum atomic E-state index is 10.3. The van der Waals surface area contributed by atoms with Crippen LogP contribution in [0.4, 0.5) is 0 Å². The molecule has 0 aromatic carbocycles. The molecule has 0 aromatic rings. The third kappa shape index (κ3) is 2.57. The van der Waals surface area contributed by atoms with Crippen LogP contribution in [0.3, 0.4) is 0 Å². The van der Waals surface area contributed by atoms with Gasteiger partial charge in [0.05, 0.1) is 0 Å². The van der Waals surface area contributed by atoms with Gasteiger partial charge in [-0.1, -0.05) is 0 Å². The van der Waals surface area contributed by atoms with Crippen molar-refractivity contribution < 1.29 is 15.1 Å². The van der Waals surface area contributed by atoms with Crippen LogP contribution in [-0.4, -0.2) is 32.5 Å². The van der Waals surface area contributed by atoms with E-state index in [1.807, 2.05) is 27.7 Å². The van der Waals surface area contributed by atoms with Crippen molar-refractivity contribution in [1.82, 2.24) is 5.06 Å². The first-order valence-corrected chi connectivity index (χ1v) is 4.95. The number of hydroxylamine groups is 2. The Kier molecular flexibility index (Phi) is 2.93. The highest BCUT2D eigenvalue weighted by molar-refractivity contribution is 4.96. The molecule has 1 heterocycles. The first kappa shape index (κ1) is 12.2. The Morgan fingerprint density at radius 3 is 2.07 bits per heavy atom. The van der Waals surface area contributed by atoms with Gasteiger partial charge in [0.2, 0.25) is 0 Å². The van der Waals surface area contributed by atoms with Gasteiger partial charge in [-0.25, -0.2) is 0 Å². The molecule has 0 amide bonds. The van der Waals surface area contributed by atoms with E-state index in [0.29, 0.717) is 12.8 Å². The van der Waals surface area contributed by atoms with Crippen LogP contribution in [0.2, 0.25) is 0 Å². The number of rotatable bonds is 2. The first-order chi connectivity index (χ1) is 6.65. The van der Waals surface area contributed by atoms with E-state index < -0.39 is 22.3 Å². The predicted molar refractivity (Wildman–Crippen MR) is 52.9 cm³/mol. The van der Waals surface area contributed by atoms with Gasteiger partial charge in [-0.05, 0) is 40.5 Å². The molecule has 0 saturated carbocycles. The number of piperidine rings is 1. The van der Waals surface area contributed by atoms with E-state index in [2.05, 4.69) is 4.84 Å². The fourth-order valence-corrected chi connectivity index (χ4v) is 2.38. The van der Waals surface area contributed by atoms with Gasteiger partial charge in [-0.3, -0.25) is 0 Å². The van der Waals surface area contributed by atoms with Crippen LogP contribution in [0.15, 0.2) is 0 Å². The Morgan fingerprint density at radius 1 is 1.33 bits per heavy atom. The molecule has 1 fully saturated rings. The van der Waals surface area contributed by atoms with E-state index in [1.165, 1.54) is 5.06 Å². The normalized spacial score (nSPS) is 26.2. The van der Waals surface area contributed by atoms with Crippen molar-refractivity contribution in [1.29, 1.82) is 0 Å². The summed E-state index contributed by atoms with van der Waals surface area (Å²) in [6.45, 7) is 7.35. The highest BCUT2D eigenvalue weighted by Gasteiger charge is 2.46. The molecule has 1 aliphatic rings. The van der Waals surface area contributed by atoms with Gasteiger partial charge < -0.3 is 10.0 Å². The lowest BCUT2D eigenvalue weighted by Gasteiger charge is -2.50. The number of nitrogens with zero attached hydrogens (tertiary/aromatic N) is 2. The van der Waals surface area contributed by atoms with Gasteiger partial charge in [0, 0.05) is 11.1 Å². The van der Waals surface area contributed by atoms with Crippen LogP contribution < -0.4 is 0 Å². The minimum Gasteiger partial charge on any atom is -0.313 e. The zero-order valence-corrected chi connectivity index (χ0v) is 9.56. The number of hydrogen-bond donors (Lipinski definition) is 1. The van der Waals surface area contributed by atoms with Crippen molar-refractivity contribution in [2.45, 2.75) is 57.7 Å². The molecule has 0 aromatic heterocycles. The van der Waals surface area contributed by atoms with Crippen molar-refractivity contribution >= 4 is 0 Å². The Balaban J connectivity index is 2.79. The minimum atomic E-state index is -0.760. The Labute approximate surface area is 88.9 Å². The summed E-state index contributed by atoms with van der Waals surface area (Å²) in [5.74, 6) is 0. The van der Waals surface area contributed by atoms with Crippen molar-refractivity contribution in [3.05, 3.63) is 10.1 Å². The molecule has 6 heteroatoms.